The number of aryl methyl sites for hydroxylation is 1. The van der Waals surface area contributed by atoms with Gasteiger partial charge in [-0.05, 0) is 24.3 Å². The molecule has 0 atom stereocenters. The third-order valence-electron chi connectivity index (χ3n) is 4.61. The Morgan fingerprint density at radius 1 is 1.10 bits per heavy atom. The Bertz CT molecular complexity index is 1170. The van der Waals surface area contributed by atoms with Crippen LogP contribution in [0.2, 0.25) is 0 Å². The van der Waals surface area contributed by atoms with Crippen molar-refractivity contribution in [2.45, 2.75) is 19.1 Å². The summed E-state index contributed by atoms with van der Waals surface area (Å²) in [6.45, 7) is -0.381. The zero-order valence-corrected chi connectivity index (χ0v) is 16.5. The lowest BCUT2D eigenvalue weighted by atomic mass is 10.1. The normalized spacial score (nSPS) is 11.4. The highest BCUT2D eigenvalue weighted by molar-refractivity contribution is 5.95. The number of likely N-dealkylation sites (N-methyl/N-ethyl adjacent to an activating group) is 1. The van der Waals surface area contributed by atoms with Crippen molar-refractivity contribution in [3.05, 3.63) is 70.8 Å². The van der Waals surface area contributed by atoms with Gasteiger partial charge in [0.05, 0.1) is 35.0 Å². The Morgan fingerprint density at radius 2 is 1.77 bits per heavy atom. The fourth-order valence-electron chi connectivity index (χ4n) is 3.00. The predicted octanol–water partition coefficient (Wildman–Crippen LogP) is 2.90. The van der Waals surface area contributed by atoms with Crippen LogP contribution in [0.25, 0.3) is 10.9 Å². The molecule has 0 aliphatic heterocycles. The zero-order valence-electron chi connectivity index (χ0n) is 16.5. The van der Waals surface area contributed by atoms with Crippen LogP contribution in [0.5, 0.6) is 0 Å². The summed E-state index contributed by atoms with van der Waals surface area (Å²) in [4.78, 5) is 42.2. The fourth-order valence-corrected chi connectivity index (χ4v) is 3.00. The van der Waals surface area contributed by atoms with E-state index in [4.69, 9.17) is 0 Å². The maximum Gasteiger partial charge on any atom is 0.418 e. The summed E-state index contributed by atoms with van der Waals surface area (Å²) >= 11 is 0. The molecule has 0 radical (unpaired) electrons. The lowest BCUT2D eigenvalue weighted by Gasteiger charge is -2.18. The summed E-state index contributed by atoms with van der Waals surface area (Å²) in [5.74, 6) is -1.21. The van der Waals surface area contributed by atoms with Crippen molar-refractivity contribution in [1.29, 1.82) is 0 Å². The molecule has 10 heteroatoms. The van der Waals surface area contributed by atoms with Crippen LogP contribution in [0.4, 0.5) is 18.9 Å². The second-order valence-electron chi connectivity index (χ2n) is 6.85. The molecule has 0 bridgehead atoms. The number of alkyl halides is 3. The van der Waals surface area contributed by atoms with Gasteiger partial charge in [-0.2, -0.15) is 13.2 Å². The maximum atomic E-state index is 13.0. The topological polar surface area (TPSA) is 84.3 Å². The number of carbonyl (C=O) groups excluding carboxylic acids is 2. The highest BCUT2D eigenvalue weighted by atomic mass is 19.4. The van der Waals surface area contributed by atoms with Gasteiger partial charge in [0.15, 0.2) is 0 Å². The van der Waals surface area contributed by atoms with Gasteiger partial charge in [-0.25, -0.2) is 4.98 Å². The first kappa shape index (κ1) is 22.0. The molecule has 0 fully saturated rings. The van der Waals surface area contributed by atoms with Gasteiger partial charge in [-0.15, -0.1) is 0 Å². The molecule has 0 aliphatic rings. The van der Waals surface area contributed by atoms with Gasteiger partial charge in [0.25, 0.3) is 5.56 Å². The number of rotatable bonds is 6. The van der Waals surface area contributed by atoms with E-state index in [1.807, 2.05) is 0 Å². The quantitative estimate of drug-likeness (QED) is 0.649. The number of carbonyl (C=O) groups is 2. The number of nitrogens with zero attached hydrogens (tertiary/aromatic N) is 3. The zero-order chi connectivity index (χ0) is 22.6. The lowest BCUT2D eigenvalue weighted by molar-refractivity contribution is -0.137. The van der Waals surface area contributed by atoms with Crippen LogP contribution in [0, 0.1) is 0 Å². The summed E-state index contributed by atoms with van der Waals surface area (Å²) in [7, 11) is 1.36. The van der Waals surface area contributed by atoms with E-state index in [9.17, 15) is 27.6 Å². The first-order chi connectivity index (χ1) is 14.7. The first-order valence-corrected chi connectivity index (χ1v) is 9.31. The van der Waals surface area contributed by atoms with Crippen molar-refractivity contribution in [3.8, 4) is 0 Å². The molecule has 2 aromatic carbocycles. The number of amides is 2. The van der Waals surface area contributed by atoms with Crippen LogP contribution in [-0.2, 0) is 22.3 Å². The van der Waals surface area contributed by atoms with E-state index in [0.717, 1.165) is 17.0 Å². The number of para-hydroxylation sites is 2. The summed E-state index contributed by atoms with van der Waals surface area (Å²) in [5.41, 5.74) is -1.10. The molecule has 1 heterocycles. The number of fused-ring (bicyclic) bond motifs is 1. The van der Waals surface area contributed by atoms with E-state index < -0.39 is 30.1 Å². The van der Waals surface area contributed by atoms with E-state index in [0.29, 0.717) is 10.9 Å². The van der Waals surface area contributed by atoms with Gasteiger partial charge in [-0.3, -0.25) is 19.0 Å². The highest BCUT2D eigenvalue weighted by Gasteiger charge is 2.33. The molecule has 3 aromatic rings. The first-order valence-electron chi connectivity index (χ1n) is 9.31. The minimum absolute atomic E-state index is 0.0539. The van der Waals surface area contributed by atoms with Gasteiger partial charge >= 0.3 is 6.18 Å². The molecule has 1 aromatic heterocycles. The molecule has 162 valence electrons. The highest BCUT2D eigenvalue weighted by Crippen LogP contribution is 2.34. The van der Waals surface area contributed by atoms with Crippen LogP contribution in [0.3, 0.4) is 0 Å². The maximum absolute atomic E-state index is 13.0. The van der Waals surface area contributed by atoms with Gasteiger partial charge in [0.2, 0.25) is 11.8 Å². The number of anilines is 1. The van der Waals surface area contributed by atoms with E-state index in [-0.39, 0.29) is 24.2 Å². The van der Waals surface area contributed by atoms with Crippen LogP contribution in [0.15, 0.2) is 59.7 Å². The molecule has 2 amide bonds. The van der Waals surface area contributed by atoms with E-state index >= 15 is 0 Å². The van der Waals surface area contributed by atoms with E-state index in [1.54, 1.807) is 24.3 Å². The van der Waals surface area contributed by atoms with Crippen molar-refractivity contribution < 1.29 is 22.8 Å². The smallest absolute Gasteiger partial charge is 0.336 e. The average molecular weight is 432 g/mol. The summed E-state index contributed by atoms with van der Waals surface area (Å²) in [6.07, 6.45) is -3.35. The molecular formula is C21H19F3N4O3. The van der Waals surface area contributed by atoms with Crippen LogP contribution < -0.4 is 10.9 Å². The van der Waals surface area contributed by atoms with Crippen LogP contribution in [-0.4, -0.2) is 39.9 Å². The fraction of sp³-hybridized carbons (Fsp3) is 0.238. The van der Waals surface area contributed by atoms with Crippen LogP contribution >= 0.6 is 0 Å². The van der Waals surface area contributed by atoms with E-state index in [1.165, 1.54) is 30.1 Å². The standard InChI is InChI=1S/C21H19F3N4O3/c1-27(12-18(29)26-17-9-5-3-7-15(17)21(22,23)24)19(30)10-11-28-13-25-16-8-4-2-6-14(16)20(28)31/h2-9,13H,10-12H2,1H3,(H,26,29). The minimum atomic E-state index is -4.62. The largest absolute Gasteiger partial charge is 0.418 e. The number of hydrogen-bond acceptors (Lipinski definition) is 4. The molecule has 0 unspecified atom stereocenters. The van der Waals surface area contributed by atoms with Gasteiger partial charge in [0, 0.05) is 20.0 Å². The Kier molecular flexibility index (Phi) is 6.38. The molecule has 7 nitrogen and oxygen atoms in total. The number of nitrogens with one attached hydrogen (secondary N) is 1. The van der Waals surface area contributed by atoms with Crippen molar-refractivity contribution in [3.63, 3.8) is 0 Å². The SMILES string of the molecule is CN(CC(=O)Nc1ccccc1C(F)(F)F)C(=O)CCn1cnc2ccccc2c1=O. The molecule has 0 saturated heterocycles. The average Bonchev–Trinajstić information content (AvgIpc) is 2.72. The van der Waals surface area contributed by atoms with Crippen LogP contribution in [0.1, 0.15) is 12.0 Å². The van der Waals surface area contributed by atoms with Crippen molar-refractivity contribution >= 4 is 28.4 Å². The monoisotopic (exact) mass is 432 g/mol. The van der Waals surface area contributed by atoms with Gasteiger partial charge in [-0.1, -0.05) is 24.3 Å². The Balaban J connectivity index is 1.60. The molecule has 1 N–H and O–H groups in total. The van der Waals surface area contributed by atoms with Gasteiger partial charge in [0.1, 0.15) is 0 Å². The van der Waals surface area contributed by atoms with E-state index in [2.05, 4.69) is 10.3 Å². The Labute approximate surface area is 175 Å². The third kappa shape index (κ3) is 5.27. The van der Waals surface area contributed by atoms with Crippen molar-refractivity contribution in [2.75, 3.05) is 18.9 Å². The summed E-state index contributed by atoms with van der Waals surface area (Å²) in [5, 5.41) is 2.61. The van der Waals surface area contributed by atoms with Gasteiger partial charge < -0.3 is 10.2 Å². The molecule has 0 aliphatic carbocycles. The predicted molar refractivity (Wildman–Crippen MR) is 108 cm³/mol. The summed E-state index contributed by atoms with van der Waals surface area (Å²) < 4.78 is 40.4. The van der Waals surface area contributed by atoms with Crippen molar-refractivity contribution in [1.82, 2.24) is 14.5 Å². The molecule has 31 heavy (non-hydrogen) atoms. The lowest BCUT2D eigenvalue weighted by Crippen LogP contribution is -2.36. The van der Waals surface area contributed by atoms with Crippen molar-refractivity contribution in [2.24, 2.45) is 0 Å². The third-order valence-corrected chi connectivity index (χ3v) is 4.61. The second kappa shape index (κ2) is 8.99. The number of benzene rings is 2. The number of hydrogen-bond donors (Lipinski definition) is 1. The Morgan fingerprint density at radius 3 is 2.52 bits per heavy atom. The minimum Gasteiger partial charge on any atom is -0.336 e. The molecule has 0 spiro atoms. The molecule has 3 rings (SSSR count). The second-order valence-corrected chi connectivity index (χ2v) is 6.85. The molecular weight excluding hydrogens is 413 g/mol. The summed E-state index contributed by atoms with van der Waals surface area (Å²) in [6, 6.07) is 11.4. The Hall–Kier alpha value is -3.69. The molecule has 0 saturated carbocycles. The number of halogens is 3. The number of aromatic nitrogens is 2.